The van der Waals surface area contributed by atoms with Gasteiger partial charge in [0.2, 0.25) is 0 Å². The monoisotopic (exact) mass is 376 g/mol. The molecule has 2 rings (SSSR count). The minimum Gasteiger partial charge on any atom is -0.336 e. The summed E-state index contributed by atoms with van der Waals surface area (Å²) in [5.74, 6) is -0.111. The Bertz CT molecular complexity index is 627. The van der Waals surface area contributed by atoms with Gasteiger partial charge in [-0.25, -0.2) is 4.98 Å². The molecule has 116 valence electrons. The van der Waals surface area contributed by atoms with Crippen molar-refractivity contribution in [1.82, 2.24) is 18.5 Å². The topological polar surface area (TPSA) is 73.8 Å². The number of hydrogen-bond acceptors (Lipinski definition) is 4. The van der Waals surface area contributed by atoms with Gasteiger partial charge in [-0.05, 0) is 28.1 Å². The second-order valence-corrected chi connectivity index (χ2v) is 7.80. The van der Waals surface area contributed by atoms with Gasteiger partial charge in [-0.15, -0.1) is 0 Å². The number of carbonyl (C=O) groups is 1. The van der Waals surface area contributed by atoms with Crippen LogP contribution in [-0.4, -0.2) is 73.1 Å². The zero-order valence-electron chi connectivity index (χ0n) is 11.9. The summed E-state index contributed by atoms with van der Waals surface area (Å²) in [6.45, 7) is 1.37. The molecule has 0 atom stereocenters. The zero-order chi connectivity index (χ0) is 15.6. The smallest absolute Gasteiger partial charge is 0.281 e. The largest absolute Gasteiger partial charge is 0.336 e. The molecule has 0 N–H and O–H groups in total. The van der Waals surface area contributed by atoms with E-state index in [1.807, 2.05) is 0 Å². The molecule has 0 radical (unpaired) electrons. The van der Waals surface area contributed by atoms with E-state index in [-0.39, 0.29) is 5.91 Å². The van der Waals surface area contributed by atoms with Crippen molar-refractivity contribution in [3.8, 4) is 0 Å². The first kappa shape index (κ1) is 16.3. The quantitative estimate of drug-likeness (QED) is 0.716. The van der Waals surface area contributed by atoms with E-state index >= 15 is 0 Å². The molecule has 1 amide bonds. The number of nitrogens with zero attached hydrogens (tertiary/aromatic N) is 4. The van der Waals surface area contributed by atoms with Crippen LogP contribution in [0.25, 0.3) is 0 Å². The summed E-state index contributed by atoms with van der Waals surface area (Å²) in [7, 11) is -0.407. The average Bonchev–Trinajstić information content (AvgIpc) is 2.46. The van der Waals surface area contributed by atoms with Crippen LogP contribution in [0.4, 0.5) is 0 Å². The van der Waals surface area contributed by atoms with E-state index in [0.717, 1.165) is 0 Å². The van der Waals surface area contributed by atoms with Crippen molar-refractivity contribution in [2.75, 3.05) is 40.3 Å². The fraction of sp³-hybridized carbons (Fsp3) is 0.500. The predicted octanol–water partition coefficient (Wildman–Crippen LogP) is 0.408. The Morgan fingerprint density at radius 2 is 1.90 bits per heavy atom. The summed E-state index contributed by atoms with van der Waals surface area (Å²) >= 11 is 3.23. The maximum atomic E-state index is 12.3. The molecule has 1 fully saturated rings. The number of halogens is 1. The fourth-order valence-corrected chi connectivity index (χ4v) is 3.52. The van der Waals surface area contributed by atoms with Crippen LogP contribution in [-0.2, 0) is 10.2 Å². The van der Waals surface area contributed by atoms with Crippen LogP contribution in [0.2, 0.25) is 0 Å². The van der Waals surface area contributed by atoms with Gasteiger partial charge in [0.05, 0.1) is 0 Å². The summed E-state index contributed by atoms with van der Waals surface area (Å²) < 4.78 is 27.2. The molecule has 0 spiro atoms. The fourth-order valence-electron chi connectivity index (χ4n) is 2.07. The average molecular weight is 377 g/mol. The summed E-state index contributed by atoms with van der Waals surface area (Å²) in [4.78, 5) is 18.0. The Hall–Kier alpha value is -1.03. The highest BCUT2D eigenvalue weighted by Crippen LogP contribution is 2.14. The molecule has 0 saturated carbocycles. The van der Waals surface area contributed by atoms with E-state index in [0.29, 0.717) is 36.3 Å². The summed E-state index contributed by atoms with van der Waals surface area (Å²) in [6, 6.07) is 3.31. The van der Waals surface area contributed by atoms with Crippen molar-refractivity contribution in [1.29, 1.82) is 0 Å². The van der Waals surface area contributed by atoms with Crippen LogP contribution in [0.1, 0.15) is 10.4 Å². The Kier molecular flexibility index (Phi) is 4.97. The zero-order valence-corrected chi connectivity index (χ0v) is 14.3. The first-order valence-electron chi connectivity index (χ1n) is 6.41. The third-order valence-electron chi connectivity index (χ3n) is 3.29. The van der Waals surface area contributed by atoms with Gasteiger partial charge in [0.15, 0.2) is 0 Å². The Morgan fingerprint density at radius 1 is 1.29 bits per heavy atom. The maximum Gasteiger partial charge on any atom is 0.281 e. The van der Waals surface area contributed by atoms with Crippen LogP contribution >= 0.6 is 15.9 Å². The van der Waals surface area contributed by atoms with Crippen LogP contribution < -0.4 is 0 Å². The van der Waals surface area contributed by atoms with Gasteiger partial charge in [0.1, 0.15) is 4.60 Å². The van der Waals surface area contributed by atoms with Crippen LogP contribution in [0, 0.1) is 0 Å². The molecule has 0 aromatic carbocycles. The molecule has 7 nitrogen and oxygen atoms in total. The lowest BCUT2D eigenvalue weighted by Crippen LogP contribution is -2.53. The molecule has 9 heteroatoms. The van der Waals surface area contributed by atoms with Crippen LogP contribution in [0.15, 0.2) is 22.9 Å². The molecule has 0 unspecified atom stereocenters. The van der Waals surface area contributed by atoms with E-state index in [2.05, 4.69) is 20.9 Å². The third-order valence-corrected chi connectivity index (χ3v) is 5.66. The lowest BCUT2D eigenvalue weighted by atomic mass is 10.2. The lowest BCUT2D eigenvalue weighted by molar-refractivity contribution is 0.0695. The minimum atomic E-state index is -3.41. The van der Waals surface area contributed by atoms with Crippen molar-refractivity contribution < 1.29 is 13.2 Å². The number of aromatic nitrogens is 1. The maximum absolute atomic E-state index is 12.3. The summed E-state index contributed by atoms with van der Waals surface area (Å²) in [6.07, 6.45) is 1.56. The van der Waals surface area contributed by atoms with Crippen molar-refractivity contribution in [3.05, 3.63) is 28.5 Å². The molecule has 21 heavy (non-hydrogen) atoms. The van der Waals surface area contributed by atoms with E-state index < -0.39 is 10.2 Å². The van der Waals surface area contributed by atoms with Gasteiger partial charge in [-0.2, -0.15) is 17.0 Å². The number of pyridine rings is 1. The number of carbonyl (C=O) groups excluding carboxylic acids is 1. The molecule has 1 aliphatic heterocycles. The standard InChI is InChI=1S/C12H17BrN4O3S/c1-15(2)21(19,20)17-7-5-16(6-8-17)12(18)10-3-4-14-11(13)9-10/h3-4,9H,5-8H2,1-2H3. The third kappa shape index (κ3) is 3.60. The molecule has 1 aromatic rings. The van der Waals surface area contributed by atoms with E-state index in [1.165, 1.54) is 22.7 Å². The first-order chi connectivity index (χ1) is 9.82. The van der Waals surface area contributed by atoms with Gasteiger partial charge in [-0.3, -0.25) is 4.79 Å². The molecule has 0 aliphatic carbocycles. The Balaban J connectivity index is 2.03. The van der Waals surface area contributed by atoms with E-state index in [4.69, 9.17) is 0 Å². The molecule has 1 aromatic heterocycles. The highest BCUT2D eigenvalue weighted by Gasteiger charge is 2.30. The second kappa shape index (κ2) is 6.39. The van der Waals surface area contributed by atoms with E-state index in [1.54, 1.807) is 23.2 Å². The summed E-state index contributed by atoms with van der Waals surface area (Å²) in [5, 5.41) is 0. The summed E-state index contributed by atoms with van der Waals surface area (Å²) in [5.41, 5.74) is 0.542. The molecular weight excluding hydrogens is 360 g/mol. The predicted molar refractivity (Wildman–Crippen MR) is 82.0 cm³/mol. The van der Waals surface area contributed by atoms with Gasteiger partial charge in [0.25, 0.3) is 16.1 Å². The number of rotatable bonds is 3. The second-order valence-electron chi connectivity index (χ2n) is 4.85. The normalized spacial score (nSPS) is 17.2. The van der Waals surface area contributed by atoms with Crippen molar-refractivity contribution in [2.24, 2.45) is 0 Å². The highest BCUT2D eigenvalue weighted by atomic mass is 79.9. The Morgan fingerprint density at radius 3 is 2.43 bits per heavy atom. The number of piperazine rings is 1. The van der Waals surface area contributed by atoms with E-state index in [9.17, 15) is 13.2 Å². The van der Waals surface area contributed by atoms with Crippen molar-refractivity contribution in [3.63, 3.8) is 0 Å². The number of hydrogen-bond donors (Lipinski definition) is 0. The molecule has 1 saturated heterocycles. The molecule has 0 bridgehead atoms. The van der Waals surface area contributed by atoms with Crippen LogP contribution in [0.3, 0.4) is 0 Å². The van der Waals surface area contributed by atoms with Crippen LogP contribution in [0.5, 0.6) is 0 Å². The van der Waals surface area contributed by atoms with Crippen molar-refractivity contribution >= 4 is 32.0 Å². The molecule has 1 aliphatic rings. The lowest BCUT2D eigenvalue weighted by Gasteiger charge is -2.35. The Labute approximate surface area is 132 Å². The minimum absolute atomic E-state index is 0.111. The van der Waals surface area contributed by atoms with Crippen molar-refractivity contribution in [2.45, 2.75) is 0 Å². The SMILES string of the molecule is CN(C)S(=O)(=O)N1CCN(C(=O)c2ccnc(Br)c2)CC1. The molecular formula is C12H17BrN4O3S. The van der Waals surface area contributed by atoms with Gasteiger partial charge in [0, 0.05) is 52.0 Å². The highest BCUT2D eigenvalue weighted by molar-refractivity contribution is 9.10. The van der Waals surface area contributed by atoms with Gasteiger partial charge >= 0.3 is 0 Å². The van der Waals surface area contributed by atoms with Gasteiger partial charge in [-0.1, -0.05) is 0 Å². The first-order valence-corrected chi connectivity index (χ1v) is 8.60. The van der Waals surface area contributed by atoms with Gasteiger partial charge < -0.3 is 4.90 Å². The molecule has 2 heterocycles. The number of amides is 1.